The highest BCUT2D eigenvalue weighted by molar-refractivity contribution is 7.99. The third kappa shape index (κ3) is 3.47. The smallest absolute Gasteiger partial charge is 0.237 e. The monoisotopic (exact) mass is 395 g/mol. The molecule has 28 heavy (non-hydrogen) atoms. The van der Waals surface area contributed by atoms with Crippen LogP contribution >= 0.6 is 11.8 Å². The highest BCUT2D eigenvalue weighted by Crippen LogP contribution is 2.26. The minimum atomic E-state index is -0.185. The van der Waals surface area contributed by atoms with Gasteiger partial charge in [0.05, 0.1) is 17.0 Å². The van der Waals surface area contributed by atoms with Crippen LogP contribution in [0.25, 0.3) is 16.6 Å². The van der Waals surface area contributed by atoms with E-state index in [1.165, 1.54) is 11.8 Å². The van der Waals surface area contributed by atoms with Gasteiger partial charge in [0.25, 0.3) is 0 Å². The molecular formula is C20H21N5O2S. The second-order valence-electron chi connectivity index (χ2n) is 7.68. The number of hydrogen-bond acceptors (Lipinski definition) is 6. The molecule has 144 valence electrons. The van der Waals surface area contributed by atoms with E-state index in [-0.39, 0.29) is 17.1 Å². The minimum absolute atomic E-state index is 0.138. The molecule has 0 saturated heterocycles. The van der Waals surface area contributed by atoms with Gasteiger partial charge in [0.2, 0.25) is 11.8 Å². The van der Waals surface area contributed by atoms with Crippen molar-refractivity contribution in [1.82, 2.24) is 19.8 Å². The molecule has 3 aromatic heterocycles. The summed E-state index contributed by atoms with van der Waals surface area (Å²) in [4.78, 5) is 12.3. The molecular weight excluding hydrogens is 374 g/mol. The fourth-order valence-electron chi connectivity index (χ4n) is 2.96. The Kier molecular flexibility index (Phi) is 4.58. The molecule has 1 aromatic carbocycles. The van der Waals surface area contributed by atoms with E-state index in [2.05, 4.69) is 33.7 Å². The number of aryl methyl sites for hydroxylation is 1. The summed E-state index contributed by atoms with van der Waals surface area (Å²) in [7, 11) is 0. The molecule has 0 radical (unpaired) electrons. The van der Waals surface area contributed by atoms with Gasteiger partial charge in [-0.25, -0.2) is 0 Å². The van der Waals surface area contributed by atoms with Crippen molar-refractivity contribution in [3.8, 4) is 0 Å². The number of nitrogens with zero attached hydrogens (tertiary/aromatic N) is 4. The lowest BCUT2D eigenvalue weighted by Crippen LogP contribution is -2.14. The van der Waals surface area contributed by atoms with Crippen LogP contribution in [0.3, 0.4) is 0 Å². The first-order valence-corrected chi connectivity index (χ1v) is 9.95. The zero-order chi connectivity index (χ0) is 19.9. The van der Waals surface area contributed by atoms with Crippen LogP contribution in [0.5, 0.6) is 0 Å². The molecule has 0 fully saturated rings. The maximum Gasteiger partial charge on any atom is 0.237 e. The predicted molar refractivity (Wildman–Crippen MR) is 110 cm³/mol. The van der Waals surface area contributed by atoms with E-state index in [1.54, 1.807) is 6.07 Å². The van der Waals surface area contributed by atoms with Crippen LogP contribution in [0.2, 0.25) is 0 Å². The number of benzene rings is 1. The lowest BCUT2D eigenvalue weighted by Gasteiger charge is -2.12. The normalized spacial score (nSPS) is 12.0. The molecule has 0 aliphatic carbocycles. The summed E-state index contributed by atoms with van der Waals surface area (Å²) in [6.07, 6.45) is 0. The molecule has 0 spiro atoms. The van der Waals surface area contributed by atoms with E-state index in [9.17, 15) is 4.79 Å². The highest BCUT2D eigenvalue weighted by atomic mass is 32.2. The van der Waals surface area contributed by atoms with Gasteiger partial charge in [0.1, 0.15) is 0 Å². The summed E-state index contributed by atoms with van der Waals surface area (Å²) >= 11 is 1.33. The SMILES string of the molecule is Cc1cc2nnc(SCC(=O)Nc3cc(C(C)(C)C)no3)n2c2ccccc12. The molecule has 0 unspecified atom stereocenters. The van der Waals surface area contributed by atoms with Gasteiger partial charge < -0.3 is 4.52 Å². The van der Waals surface area contributed by atoms with Gasteiger partial charge in [-0.05, 0) is 24.6 Å². The Morgan fingerprint density at radius 1 is 1.21 bits per heavy atom. The number of thioether (sulfide) groups is 1. The number of rotatable bonds is 4. The van der Waals surface area contributed by atoms with Crippen molar-refractivity contribution in [2.45, 2.75) is 38.3 Å². The molecule has 8 heteroatoms. The zero-order valence-electron chi connectivity index (χ0n) is 16.2. The largest absolute Gasteiger partial charge is 0.338 e. The van der Waals surface area contributed by atoms with Gasteiger partial charge in [0, 0.05) is 16.9 Å². The number of amides is 1. The minimum Gasteiger partial charge on any atom is -0.338 e. The second kappa shape index (κ2) is 6.94. The zero-order valence-corrected chi connectivity index (χ0v) is 17.0. The third-order valence-electron chi connectivity index (χ3n) is 4.45. The number of pyridine rings is 1. The molecule has 0 aliphatic heterocycles. The standard InChI is InChI=1S/C20H21N5O2S/c1-12-9-16-22-23-19(25(16)14-8-6-5-7-13(12)14)28-11-17(26)21-18-10-15(24-27-18)20(2,3)4/h5-10H,11H2,1-4H3,(H,21,26). The average Bonchev–Trinajstić information content (AvgIpc) is 3.27. The van der Waals surface area contributed by atoms with E-state index < -0.39 is 0 Å². The van der Waals surface area contributed by atoms with Gasteiger partial charge in [-0.15, -0.1) is 10.2 Å². The van der Waals surface area contributed by atoms with Crippen molar-refractivity contribution < 1.29 is 9.32 Å². The van der Waals surface area contributed by atoms with Crippen molar-refractivity contribution in [3.63, 3.8) is 0 Å². The maximum atomic E-state index is 12.3. The fourth-order valence-corrected chi connectivity index (χ4v) is 3.71. The highest BCUT2D eigenvalue weighted by Gasteiger charge is 2.20. The van der Waals surface area contributed by atoms with Gasteiger partial charge in [-0.2, -0.15) is 0 Å². The second-order valence-corrected chi connectivity index (χ2v) is 8.63. The molecule has 3 heterocycles. The summed E-state index contributed by atoms with van der Waals surface area (Å²) in [6.45, 7) is 8.17. The summed E-state index contributed by atoms with van der Waals surface area (Å²) in [6, 6.07) is 11.9. The van der Waals surface area contributed by atoms with Gasteiger partial charge >= 0.3 is 0 Å². The first kappa shape index (κ1) is 18.5. The van der Waals surface area contributed by atoms with Crippen LogP contribution in [0.15, 0.2) is 46.1 Å². The maximum absolute atomic E-state index is 12.3. The topological polar surface area (TPSA) is 85.3 Å². The number of carbonyl (C=O) groups is 1. The predicted octanol–water partition coefficient (Wildman–Crippen LogP) is 4.21. The third-order valence-corrected chi connectivity index (χ3v) is 5.38. The number of carbonyl (C=O) groups excluding carboxylic acids is 1. The van der Waals surface area contributed by atoms with Gasteiger partial charge in [-0.1, -0.05) is 55.9 Å². The Labute approximate surface area is 166 Å². The molecule has 4 rings (SSSR count). The van der Waals surface area contributed by atoms with Gasteiger partial charge in [-0.3, -0.25) is 14.5 Å². The number of anilines is 1. The van der Waals surface area contributed by atoms with Crippen LogP contribution in [0.4, 0.5) is 5.88 Å². The van der Waals surface area contributed by atoms with Crippen LogP contribution < -0.4 is 5.32 Å². The molecule has 1 amide bonds. The van der Waals surface area contributed by atoms with Gasteiger partial charge in [0.15, 0.2) is 10.8 Å². The van der Waals surface area contributed by atoms with Crippen molar-refractivity contribution in [1.29, 1.82) is 0 Å². The lowest BCUT2D eigenvalue weighted by atomic mass is 9.92. The molecule has 0 bridgehead atoms. The summed E-state index contributed by atoms with van der Waals surface area (Å²) in [5.74, 6) is 0.353. The van der Waals surface area contributed by atoms with Crippen molar-refractivity contribution in [3.05, 3.63) is 47.7 Å². The first-order chi connectivity index (χ1) is 13.3. The van der Waals surface area contributed by atoms with E-state index in [4.69, 9.17) is 4.52 Å². The van der Waals surface area contributed by atoms with Crippen molar-refractivity contribution >= 4 is 40.1 Å². The Hall–Kier alpha value is -2.87. The van der Waals surface area contributed by atoms with Crippen LogP contribution in [0.1, 0.15) is 32.0 Å². The number of para-hydroxylation sites is 1. The summed E-state index contributed by atoms with van der Waals surface area (Å²) < 4.78 is 7.19. The summed E-state index contributed by atoms with van der Waals surface area (Å²) in [5.41, 5.74) is 3.59. The number of fused-ring (bicyclic) bond motifs is 3. The van der Waals surface area contributed by atoms with Crippen LogP contribution in [-0.4, -0.2) is 31.4 Å². The molecule has 1 N–H and O–H groups in total. The van der Waals surface area contributed by atoms with Crippen molar-refractivity contribution in [2.24, 2.45) is 0 Å². The Balaban J connectivity index is 1.52. The van der Waals surface area contributed by atoms with Crippen molar-refractivity contribution in [2.75, 3.05) is 11.1 Å². The molecule has 0 atom stereocenters. The van der Waals surface area contributed by atoms with E-state index in [0.29, 0.717) is 11.0 Å². The Bertz CT molecular complexity index is 1170. The molecule has 0 saturated carbocycles. The first-order valence-electron chi connectivity index (χ1n) is 8.96. The number of hydrogen-bond donors (Lipinski definition) is 1. The molecule has 7 nitrogen and oxygen atoms in total. The number of nitrogens with one attached hydrogen (secondary N) is 1. The van der Waals surface area contributed by atoms with E-state index in [0.717, 1.165) is 27.8 Å². The summed E-state index contributed by atoms with van der Waals surface area (Å²) in [5, 5.41) is 17.1. The molecule has 0 aliphatic rings. The van der Waals surface area contributed by atoms with E-state index in [1.807, 2.05) is 49.4 Å². The Morgan fingerprint density at radius 3 is 2.75 bits per heavy atom. The van der Waals surface area contributed by atoms with Crippen LogP contribution in [0, 0.1) is 6.92 Å². The number of aromatic nitrogens is 4. The average molecular weight is 395 g/mol. The molecule has 4 aromatic rings. The van der Waals surface area contributed by atoms with Crippen LogP contribution in [-0.2, 0) is 10.2 Å². The quantitative estimate of drug-likeness (QED) is 0.521. The lowest BCUT2D eigenvalue weighted by molar-refractivity contribution is -0.113. The van der Waals surface area contributed by atoms with E-state index >= 15 is 0 Å². The fraction of sp³-hybridized carbons (Fsp3) is 0.300. The Morgan fingerprint density at radius 2 is 2.00 bits per heavy atom.